The van der Waals surface area contributed by atoms with Gasteiger partial charge in [0.15, 0.2) is 0 Å². The lowest BCUT2D eigenvalue weighted by Gasteiger charge is -2.07. The summed E-state index contributed by atoms with van der Waals surface area (Å²) in [5.41, 5.74) is 0.871. The Morgan fingerprint density at radius 3 is 2.81 bits per heavy atom. The van der Waals surface area contributed by atoms with E-state index in [9.17, 15) is 9.18 Å². The Hall–Kier alpha value is -0.900. The molecule has 0 aliphatic rings. The van der Waals surface area contributed by atoms with E-state index in [0.717, 1.165) is 12.8 Å². The molecule has 88 valence electrons. The molecule has 0 heterocycles. The average molecular weight is 288 g/mol. The number of rotatable bonds is 4. The van der Waals surface area contributed by atoms with Gasteiger partial charge in [-0.2, -0.15) is 0 Å². The van der Waals surface area contributed by atoms with Gasteiger partial charge in [-0.1, -0.05) is 13.3 Å². The first-order valence-electron chi connectivity index (χ1n) is 5.30. The maximum absolute atomic E-state index is 13.3. The Balaban J connectivity index is 2.79. The van der Waals surface area contributed by atoms with Gasteiger partial charge in [0.25, 0.3) is 5.91 Å². The number of carbonyl (C=O) groups excluding carboxylic acids is 1. The van der Waals surface area contributed by atoms with Crippen molar-refractivity contribution in [2.75, 3.05) is 6.54 Å². The largest absolute Gasteiger partial charge is 0.352 e. The Morgan fingerprint density at radius 1 is 1.50 bits per heavy atom. The van der Waals surface area contributed by atoms with Crippen LogP contribution in [-0.4, -0.2) is 12.5 Å². The summed E-state index contributed by atoms with van der Waals surface area (Å²) in [6.07, 6.45) is 1.95. The fourth-order valence-corrected chi connectivity index (χ4v) is 1.93. The molecular formula is C12H15BrFNO. The summed E-state index contributed by atoms with van der Waals surface area (Å²) in [5, 5.41) is 2.75. The maximum Gasteiger partial charge on any atom is 0.252 e. The van der Waals surface area contributed by atoms with Crippen LogP contribution in [0.1, 0.15) is 35.7 Å². The van der Waals surface area contributed by atoms with Crippen molar-refractivity contribution in [1.82, 2.24) is 5.32 Å². The smallest absolute Gasteiger partial charge is 0.252 e. The molecule has 4 heteroatoms. The van der Waals surface area contributed by atoms with E-state index < -0.39 is 0 Å². The Bertz CT molecular complexity index is 393. The van der Waals surface area contributed by atoms with Crippen molar-refractivity contribution in [3.8, 4) is 0 Å². The number of halogens is 2. The molecule has 0 saturated carbocycles. The number of benzene rings is 1. The van der Waals surface area contributed by atoms with Gasteiger partial charge in [0, 0.05) is 11.0 Å². The first kappa shape index (κ1) is 13.2. The third-order valence-electron chi connectivity index (χ3n) is 2.31. The molecule has 1 aromatic carbocycles. The number of hydrogen-bond donors (Lipinski definition) is 1. The first-order valence-corrected chi connectivity index (χ1v) is 6.09. The Labute approximate surface area is 103 Å². The first-order chi connectivity index (χ1) is 7.56. The minimum atomic E-state index is -0.358. The predicted octanol–water partition coefficient (Wildman–Crippen LogP) is 3.43. The predicted molar refractivity (Wildman–Crippen MR) is 66.1 cm³/mol. The highest BCUT2D eigenvalue weighted by atomic mass is 79.9. The van der Waals surface area contributed by atoms with E-state index in [1.54, 1.807) is 13.0 Å². The van der Waals surface area contributed by atoms with Crippen molar-refractivity contribution >= 4 is 21.8 Å². The van der Waals surface area contributed by atoms with Crippen LogP contribution in [0.5, 0.6) is 0 Å². The number of amides is 1. The standard InChI is InChI=1S/C12H15BrFNO/c1-3-4-5-15-12(16)9-7-11(14)8(2)6-10(9)13/h6-7H,3-5H2,1-2H3,(H,15,16). The monoisotopic (exact) mass is 287 g/mol. The third kappa shape index (κ3) is 3.30. The van der Waals surface area contributed by atoms with Gasteiger partial charge in [0.2, 0.25) is 0 Å². The number of unbranched alkanes of at least 4 members (excludes halogenated alkanes) is 1. The van der Waals surface area contributed by atoms with Crippen molar-refractivity contribution in [3.05, 3.63) is 33.5 Å². The average Bonchev–Trinajstić information content (AvgIpc) is 2.23. The molecule has 0 aliphatic carbocycles. The normalized spacial score (nSPS) is 10.2. The third-order valence-corrected chi connectivity index (χ3v) is 2.96. The summed E-state index contributed by atoms with van der Waals surface area (Å²) in [4.78, 5) is 11.7. The molecular weight excluding hydrogens is 273 g/mol. The topological polar surface area (TPSA) is 29.1 Å². The highest BCUT2D eigenvalue weighted by Gasteiger charge is 2.12. The van der Waals surface area contributed by atoms with Gasteiger partial charge in [-0.05, 0) is 47.0 Å². The molecule has 16 heavy (non-hydrogen) atoms. The van der Waals surface area contributed by atoms with Gasteiger partial charge in [0.1, 0.15) is 5.82 Å². The Morgan fingerprint density at radius 2 is 2.19 bits per heavy atom. The van der Waals surface area contributed by atoms with E-state index in [0.29, 0.717) is 22.1 Å². The van der Waals surface area contributed by atoms with Crippen LogP contribution in [-0.2, 0) is 0 Å². The molecule has 0 aromatic heterocycles. The van der Waals surface area contributed by atoms with Crippen LogP contribution < -0.4 is 5.32 Å². The Kier molecular flexibility index (Phi) is 4.93. The lowest BCUT2D eigenvalue weighted by molar-refractivity contribution is 0.0952. The summed E-state index contributed by atoms with van der Waals surface area (Å²) >= 11 is 3.26. The quantitative estimate of drug-likeness (QED) is 0.845. The summed E-state index contributed by atoms with van der Waals surface area (Å²) in [5.74, 6) is -0.594. The van der Waals surface area contributed by atoms with Gasteiger partial charge in [-0.3, -0.25) is 4.79 Å². The molecule has 0 atom stereocenters. The fourth-order valence-electron chi connectivity index (χ4n) is 1.29. The van der Waals surface area contributed by atoms with Gasteiger partial charge >= 0.3 is 0 Å². The minimum absolute atomic E-state index is 0.237. The number of hydrogen-bond acceptors (Lipinski definition) is 1. The molecule has 1 rings (SSSR count). The highest BCUT2D eigenvalue weighted by Crippen LogP contribution is 2.20. The number of aryl methyl sites for hydroxylation is 1. The van der Waals surface area contributed by atoms with E-state index in [-0.39, 0.29) is 11.7 Å². The lowest BCUT2D eigenvalue weighted by atomic mass is 10.1. The lowest BCUT2D eigenvalue weighted by Crippen LogP contribution is -2.24. The summed E-state index contributed by atoms with van der Waals surface area (Å²) in [6, 6.07) is 2.88. The van der Waals surface area contributed by atoms with Crippen LogP contribution in [0.4, 0.5) is 4.39 Å². The molecule has 1 amide bonds. The van der Waals surface area contributed by atoms with Crippen LogP contribution in [0.25, 0.3) is 0 Å². The molecule has 1 N–H and O–H groups in total. The van der Waals surface area contributed by atoms with Crippen LogP contribution >= 0.6 is 15.9 Å². The highest BCUT2D eigenvalue weighted by molar-refractivity contribution is 9.10. The molecule has 0 bridgehead atoms. The summed E-state index contributed by atoms with van der Waals surface area (Å²) in [6.45, 7) is 4.34. The van der Waals surface area contributed by atoms with E-state index >= 15 is 0 Å². The maximum atomic E-state index is 13.3. The minimum Gasteiger partial charge on any atom is -0.352 e. The number of nitrogens with one attached hydrogen (secondary N) is 1. The molecule has 1 aromatic rings. The molecule has 0 fully saturated rings. The fraction of sp³-hybridized carbons (Fsp3) is 0.417. The molecule has 2 nitrogen and oxygen atoms in total. The van der Waals surface area contributed by atoms with E-state index in [2.05, 4.69) is 21.2 Å². The van der Waals surface area contributed by atoms with Crippen LogP contribution in [0.2, 0.25) is 0 Å². The second-order valence-electron chi connectivity index (χ2n) is 3.69. The van der Waals surface area contributed by atoms with Crippen molar-refractivity contribution in [3.63, 3.8) is 0 Å². The molecule has 0 aliphatic heterocycles. The van der Waals surface area contributed by atoms with Gasteiger partial charge in [-0.15, -0.1) is 0 Å². The summed E-state index contributed by atoms with van der Waals surface area (Å²) in [7, 11) is 0. The van der Waals surface area contributed by atoms with Gasteiger partial charge < -0.3 is 5.32 Å². The molecule has 0 spiro atoms. The van der Waals surface area contributed by atoms with E-state index in [1.165, 1.54) is 6.07 Å². The molecule has 0 radical (unpaired) electrons. The van der Waals surface area contributed by atoms with Crippen molar-refractivity contribution in [2.45, 2.75) is 26.7 Å². The number of carbonyl (C=O) groups is 1. The molecule has 0 unspecified atom stereocenters. The second kappa shape index (κ2) is 5.99. The summed E-state index contributed by atoms with van der Waals surface area (Å²) < 4.78 is 13.9. The van der Waals surface area contributed by atoms with Gasteiger partial charge in [0.05, 0.1) is 5.56 Å². The van der Waals surface area contributed by atoms with Crippen molar-refractivity contribution in [1.29, 1.82) is 0 Å². The zero-order valence-electron chi connectivity index (χ0n) is 9.44. The van der Waals surface area contributed by atoms with Crippen LogP contribution in [0.3, 0.4) is 0 Å². The van der Waals surface area contributed by atoms with Crippen LogP contribution in [0, 0.1) is 12.7 Å². The van der Waals surface area contributed by atoms with Crippen molar-refractivity contribution in [2.24, 2.45) is 0 Å². The van der Waals surface area contributed by atoms with E-state index in [4.69, 9.17) is 0 Å². The van der Waals surface area contributed by atoms with Crippen molar-refractivity contribution < 1.29 is 9.18 Å². The van der Waals surface area contributed by atoms with Crippen LogP contribution in [0.15, 0.2) is 16.6 Å². The zero-order valence-corrected chi connectivity index (χ0v) is 11.0. The van der Waals surface area contributed by atoms with E-state index in [1.807, 2.05) is 6.92 Å². The second-order valence-corrected chi connectivity index (χ2v) is 4.55. The zero-order chi connectivity index (χ0) is 12.1. The SMILES string of the molecule is CCCCNC(=O)c1cc(F)c(C)cc1Br. The van der Waals surface area contributed by atoms with Gasteiger partial charge in [-0.25, -0.2) is 4.39 Å². The molecule has 0 saturated heterocycles.